The normalized spacial score (nSPS) is 20.1. The van der Waals surface area contributed by atoms with Crippen molar-refractivity contribution in [2.45, 2.75) is 44.6 Å². The van der Waals surface area contributed by atoms with Crippen molar-refractivity contribution in [3.8, 4) is 0 Å². The van der Waals surface area contributed by atoms with Crippen molar-refractivity contribution < 1.29 is 0 Å². The average Bonchev–Trinajstić information content (AvgIpc) is 2.86. The minimum atomic E-state index is 0.237. The van der Waals surface area contributed by atoms with Crippen molar-refractivity contribution in [2.24, 2.45) is 0 Å². The van der Waals surface area contributed by atoms with Gasteiger partial charge in [0.05, 0.1) is 6.04 Å². The lowest BCUT2D eigenvalue weighted by Crippen LogP contribution is -2.13. The molecule has 14 heavy (non-hydrogen) atoms. The van der Waals surface area contributed by atoms with E-state index in [1.54, 1.807) is 0 Å². The lowest BCUT2D eigenvalue weighted by molar-refractivity contribution is 0.610. The molecular formula is C10H18N4. The zero-order valence-corrected chi connectivity index (χ0v) is 8.88. The molecule has 0 spiro atoms. The topological polar surface area (TPSA) is 53.6 Å². The lowest BCUT2D eigenvalue weighted by Gasteiger charge is -2.04. The van der Waals surface area contributed by atoms with E-state index in [1.807, 2.05) is 7.05 Å². The first-order valence-electron chi connectivity index (χ1n) is 5.40. The summed E-state index contributed by atoms with van der Waals surface area (Å²) in [4.78, 5) is 4.53. The van der Waals surface area contributed by atoms with Crippen LogP contribution in [0.15, 0.2) is 0 Å². The van der Waals surface area contributed by atoms with Crippen molar-refractivity contribution in [1.82, 2.24) is 20.5 Å². The molecule has 1 aromatic heterocycles. The van der Waals surface area contributed by atoms with Crippen LogP contribution in [0.5, 0.6) is 0 Å². The molecule has 1 atom stereocenters. The quantitative estimate of drug-likeness (QED) is 0.770. The molecule has 1 heterocycles. The number of aromatic nitrogens is 3. The van der Waals surface area contributed by atoms with E-state index in [9.17, 15) is 0 Å². The molecule has 4 nitrogen and oxygen atoms in total. The van der Waals surface area contributed by atoms with Crippen LogP contribution in [0.1, 0.15) is 56.2 Å². The number of nitrogens with zero attached hydrogens (tertiary/aromatic N) is 2. The van der Waals surface area contributed by atoms with Crippen molar-refractivity contribution in [2.75, 3.05) is 7.05 Å². The second-order valence-electron chi connectivity index (χ2n) is 4.07. The van der Waals surface area contributed by atoms with E-state index >= 15 is 0 Å². The summed E-state index contributed by atoms with van der Waals surface area (Å²) in [6, 6.07) is 0.237. The second-order valence-corrected chi connectivity index (χ2v) is 4.07. The SMILES string of the molecule is CNC(C)c1n[nH]c(C2CCCC2)n1. The maximum atomic E-state index is 4.53. The van der Waals surface area contributed by atoms with Crippen LogP contribution in [-0.4, -0.2) is 22.2 Å². The summed E-state index contributed by atoms with van der Waals surface area (Å²) in [6.07, 6.45) is 5.20. The van der Waals surface area contributed by atoms with E-state index in [2.05, 4.69) is 27.4 Å². The van der Waals surface area contributed by atoms with Gasteiger partial charge in [-0.3, -0.25) is 5.10 Å². The predicted molar refractivity (Wildman–Crippen MR) is 55.1 cm³/mol. The van der Waals surface area contributed by atoms with Crippen LogP contribution in [0, 0.1) is 0 Å². The maximum Gasteiger partial charge on any atom is 0.167 e. The van der Waals surface area contributed by atoms with E-state index in [0.717, 1.165) is 11.6 Å². The maximum absolute atomic E-state index is 4.53. The van der Waals surface area contributed by atoms with Gasteiger partial charge in [0.15, 0.2) is 5.82 Å². The Kier molecular flexibility index (Phi) is 2.82. The summed E-state index contributed by atoms with van der Waals surface area (Å²) in [5, 5.41) is 10.4. The third-order valence-corrected chi connectivity index (χ3v) is 3.08. The number of nitrogens with one attached hydrogen (secondary N) is 2. The van der Waals surface area contributed by atoms with Crippen molar-refractivity contribution in [1.29, 1.82) is 0 Å². The van der Waals surface area contributed by atoms with E-state index in [-0.39, 0.29) is 6.04 Å². The summed E-state index contributed by atoms with van der Waals surface area (Å²) < 4.78 is 0. The highest BCUT2D eigenvalue weighted by atomic mass is 15.2. The largest absolute Gasteiger partial charge is 0.311 e. The monoisotopic (exact) mass is 194 g/mol. The summed E-state index contributed by atoms with van der Waals surface area (Å²) in [5.41, 5.74) is 0. The van der Waals surface area contributed by atoms with Crippen molar-refractivity contribution >= 4 is 0 Å². The molecule has 0 amide bonds. The Morgan fingerprint density at radius 2 is 2.14 bits per heavy atom. The number of aromatic amines is 1. The van der Waals surface area contributed by atoms with Crippen LogP contribution >= 0.6 is 0 Å². The Bertz CT molecular complexity index is 288. The number of H-pyrrole nitrogens is 1. The Balaban J connectivity index is 2.08. The summed E-state index contributed by atoms with van der Waals surface area (Å²) >= 11 is 0. The van der Waals surface area contributed by atoms with Gasteiger partial charge in [0.25, 0.3) is 0 Å². The van der Waals surface area contributed by atoms with Crippen molar-refractivity contribution in [3.05, 3.63) is 11.6 Å². The zero-order valence-electron chi connectivity index (χ0n) is 8.88. The molecule has 78 valence electrons. The molecule has 1 aromatic rings. The minimum Gasteiger partial charge on any atom is -0.311 e. The fourth-order valence-electron chi connectivity index (χ4n) is 1.99. The highest BCUT2D eigenvalue weighted by Gasteiger charge is 2.21. The lowest BCUT2D eigenvalue weighted by atomic mass is 10.1. The smallest absolute Gasteiger partial charge is 0.167 e. The molecule has 0 radical (unpaired) electrons. The molecular weight excluding hydrogens is 176 g/mol. The van der Waals surface area contributed by atoms with Crippen LogP contribution in [-0.2, 0) is 0 Å². The van der Waals surface area contributed by atoms with Gasteiger partial charge in [0.1, 0.15) is 5.82 Å². The molecule has 2 rings (SSSR count). The number of hydrogen-bond donors (Lipinski definition) is 2. The Hall–Kier alpha value is -0.900. The van der Waals surface area contributed by atoms with Crippen LogP contribution in [0.2, 0.25) is 0 Å². The van der Waals surface area contributed by atoms with Crippen LogP contribution < -0.4 is 5.32 Å². The molecule has 1 fully saturated rings. The fourth-order valence-corrected chi connectivity index (χ4v) is 1.99. The first-order chi connectivity index (χ1) is 6.81. The molecule has 2 N–H and O–H groups in total. The molecule has 1 saturated carbocycles. The van der Waals surface area contributed by atoms with E-state index in [4.69, 9.17) is 0 Å². The standard InChI is InChI=1S/C10H18N4/c1-7(11-2)9-12-10(14-13-9)8-5-3-4-6-8/h7-8,11H,3-6H2,1-2H3,(H,12,13,14). The van der Waals surface area contributed by atoms with E-state index in [1.165, 1.54) is 25.7 Å². The molecule has 4 heteroatoms. The van der Waals surface area contributed by atoms with Gasteiger partial charge in [-0.2, -0.15) is 5.10 Å². The average molecular weight is 194 g/mol. The van der Waals surface area contributed by atoms with Gasteiger partial charge in [0, 0.05) is 5.92 Å². The Morgan fingerprint density at radius 3 is 2.79 bits per heavy atom. The Morgan fingerprint density at radius 1 is 1.43 bits per heavy atom. The molecule has 1 unspecified atom stereocenters. The van der Waals surface area contributed by atoms with Crippen LogP contribution in [0.3, 0.4) is 0 Å². The number of rotatable bonds is 3. The van der Waals surface area contributed by atoms with E-state index < -0.39 is 0 Å². The molecule has 1 aliphatic carbocycles. The van der Waals surface area contributed by atoms with Gasteiger partial charge in [-0.1, -0.05) is 12.8 Å². The minimum absolute atomic E-state index is 0.237. The van der Waals surface area contributed by atoms with Gasteiger partial charge in [-0.05, 0) is 26.8 Å². The van der Waals surface area contributed by atoms with Gasteiger partial charge < -0.3 is 5.32 Å². The summed E-state index contributed by atoms with van der Waals surface area (Å²) in [6.45, 7) is 2.07. The highest BCUT2D eigenvalue weighted by molar-refractivity contribution is 5.02. The third-order valence-electron chi connectivity index (χ3n) is 3.08. The van der Waals surface area contributed by atoms with E-state index in [0.29, 0.717) is 5.92 Å². The van der Waals surface area contributed by atoms with Gasteiger partial charge in [-0.15, -0.1) is 0 Å². The summed E-state index contributed by atoms with van der Waals surface area (Å²) in [5.74, 6) is 2.59. The Labute approximate surface area is 84.5 Å². The highest BCUT2D eigenvalue weighted by Crippen LogP contribution is 2.32. The van der Waals surface area contributed by atoms with Crippen LogP contribution in [0.25, 0.3) is 0 Å². The first-order valence-corrected chi connectivity index (χ1v) is 5.40. The molecule has 0 aliphatic heterocycles. The third kappa shape index (κ3) is 1.80. The van der Waals surface area contributed by atoms with Crippen molar-refractivity contribution in [3.63, 3.8) is 0 Å². The van der Waals surface area contributed by atoms with Crippen LogP contribution in [0.4, 0.5) is 0 Å². The van der Waals surface area contributed by atoms with Gasteiger partial charge in [-0.25, -0.2) is 4.98 Å². The predicted octanol–water partition coefficient (Wildman–Crippen LogP) is 1.74. The molecule has 0 saturated heterocycles. The molecule has 0 bridgehead atoms. The second kappa shape index (κ2) is 4.09. The molecule has 0 aromatic carbocycles. The molecule has 1 aliphatic rings. The number of hydrogen-bond acceptors (Lipinski definition) is 3. The zero-order chi connectivity index (χ0) is 9.97. The van der Waals surface area contributed by atoms with Gasteiger partial charge in [0.2, 0.25) is 0 Å². The summed E-state index contributed by atoms with van der Waals surface area (Å²) in [7, 11) is 1.93. The fraction of sp³-hybridized carbons (Fsp3) is 0.800. The van der Waals surface area contributed by atoms with Gasteiger partial charge >= 0.3 is 0 Å². The first kappa shape index (κ1) is 9.65.